The number of aliphatic hydroxyl groups is 1. The molecule has 1 aliphatic rings. The number of hydrogen-bond acceptors (Lipinski definition) is 6. The summed E-state index contributed by atoms with van der Waals surface area (Å²) in [5.41, 5.74) is 3.66. The molecular formula is C17H27N3O5. The maximum Gasteiger partial charge on any atom is 0.296 e. The van der Waals surface area contributed by atoms with Gasteiger partial charge in [-0.3, -0.25) is 20.6 Å². The molecule has 140 valence electrons. The summed E-state index contributed by atoms with van der Waals surface area (Å²) in [5, 5.41) is 24.6. The zero-order chi connectivity index (χ0) is 18.4. The summed E-state index contributed by atoms with van der Waals surface area (Å²) in [7, 11) is 0. The highest BCUT2D eigenvalue weighted by Gasteiger charge is 2.54. The number of nitrogens with one attached hydrogen (secondary N) is 1. The van der Waals surface area contributed by atoms with E-state index in [1.807, 2.05) is 13.8 Å². The van der Waals surface area contributed by atoms with Gasteiger partial charge in [0, 0.05) is 18.4 Å². The Hall–Kier alpha value is -2.19. The lowest BCUT2D eigenvalue weighted by atomic mass is 9.71. The Kier molecular flexibility index (Phi) is 5.51. The summed E-state index contributed by atoms with van der Waals surface area (Å²) in [6.45, 7) is 8.33. The number of ether oxygens (including phenoxy) is 1. The Labute approximate surface area is 147 Å². The van der Waals surface area contributed by atoms with Crippen LogP contribution in [0.4, 0.5) is 11.4 Å². The van der Waals surface area contributed by atoms with Crippen LogP contribution in [0.2, 0.25) is 0 Å². The van der Waals surface area contributed by atoms with Crippen LogP contribution in [0, 0.1) is 16.0 Å². The first-order valence-corrected chi connectivity index (χ1v) is 7.68. The Bertz CT molecular complexity index is 698. The normalized spacial score (nSPS) is 23.9. The largest absolute Gasteiger partial charge is 0.483 e. The van der Waals surface area contributed by atoms with Crippen LogP contribution in [0.5, 0.6) is 5.75 Å². The van der Waals surface area contributed by atoms with Crippen LogP contribution in [0.3, 0.4) is 0 Å². The van der Waals surface area contributed by atoms with Crippen LogP contribution in [0.1, 0.15) is 53.5 Å². The molecule has 0 aliphatic carbocycles. The fourth-order valence-electron chi connectivity index (χ4n) is 3.19. The molecule has 1 aromatic carbocycles. The lowest BCUT2D eigenvalue weighted by Crippen LogP contribution is -2.66. The summed E-state index contributed by atoms with van der Waals surface area (Å²) in [6, 6.07) is 2.74. The minimum atomic E-state index is -1.68. The number of amides is 1. The molecular weight excluding hydrogens is 326 g/mol. The first-order valence-electron chi connectivity index (χ1n) is 7.68. The monoisotopic (exact) mass is 353 g/mol. The fraction of sp³-hybridized carbons (Fsp3) is 0.588. The van der Waals surface area contributed by atoms with E-state index in [4.69, 9.17) is 10.5 Å². The van der Waals surface area contributed by atoms with Crippen LogP contribution >= 0.6 is 0 Å². The van der Waals surface area contributed by atoms with Gasteiger partial charge in [-0.1, -0.05) is 21.3 Å². The second-order valence-corrected chi connectivity index (χ2v) is 7.00. The Morgan fingerprint density at radius 1 is 1.44 bits per heavy atom. The van der Waals surface area contributed by atoms with Gasteiger partial charge in [0.1, 0.15) is 17.0 Å². The van der Waals surface area contributed by atoms with E-state index in [0.717, 1.165) is 0 Å². The third-order valence-corrected chi connectivity index (χ3v) is 4.44. The standard InChI is InChI=1S/C16H23N3O5.CH4/c1-8(2)14-10-6-11(18-9(3)20)12(19(22)23)7-13(10)24-15(4,5)16(14,17)21;/h6-8,14,21H,17H2,1-5H3,(H,18,20);1H4. The average Bonchev–Trinajstić information content (AvgIpc) is 2.38. The van der Waals surface area contributed by atoms with Gasteiger partial charge in [-0.25, -0.2) is 0 Å². The second-order valence-electron chi connectivity index (χ2n) is 7.00. The third-order valence-electron chi connectivity index (χ3n) is 4.44. The van der Waals surface area contributed by atoms with Gasteiger partial charge in [0.15, 0.2) is 5.72 Å². The molecule has 25 heavy (non-hydrogen) atoms. The molecule has 2 atom stereocenters. The Morgan fingerprint density at radius 3 is 2.44 bits per heavy atom. The van der Waals surface area contributed by atoms with Gasteiger partial charge < -0.3 is 15.2 Å². The lowest BCUT2D eigenvalue weighted by molar-refractivity contribution is -0.384. The molecule has 2 unspecified atom stereocenters. The summed E-state index contributed by atoms with van der Waals surface area (Å²) in [4.78, 5) is 22.1. The molecule has 8 heteroatoms. The van der Waals surface area contributed by atoms with E-state index in [-0.39, 0.29) is 30.5 Å². The van der Waals surface area contributed by atoms with E-state index in [9.17, 15) is 20.0 Å². The van der Waals surface area contributed by atoms with Crippen molar-refractivity contribution in [3.63, 3.8) is 0 Å². The zero-order valence-corrected chi connectivity index (χ0v) is 14.4. The predicted molar refractivity (Wildman–Crippen MR) is 95.6 cm³/mol. The van der Waals surface area contributed by atoms with Crippen molar-refractivity contribution >= 4 is 17.3 Å². The van der Waals surface area contributed by atoms with Crippen molar-refractivity contribution in [2.75, 3.05) is 5.32 Å². The van der Waals surface area contributed by atoms with Crippen molar-refractivity contribution in [3.05, 3.63) is 27.8 Å². The number of hydrogen-bond donors (Lipinski definition) is 3. The van der Waals surface area contributed by atoms with Crippen LogP contribution in [0.15, 0.2) is 12.1 Å². The van der Waals surface area contributed by atoms with Crippen molar-refractivity contribution < 1.29 is 19.6 Å². The maximum atomic E-state index is 11.4. The van der Waals surface area contributed by atoms with Gasteiger partial charge in [-0.05, 0) is 25.8 Å². The third kappa shape index (κ3) is 3.45. The quantitative estimate of drug-likeness (QED) is 0.435. The number of carbonyl (C=O) groups excluding carboxylic acids is 1. The fourth-order valence-corrected chi connectivity index (χ4v) is 3.19. The van der Waals surface area contributed by atoms with Gasteiger partial charge in [0.05, 0.1) is 11.0 Å². The van der Waals surface area contributed by atoms with E-state index < -0.39 is 28.1 Å². The SMILES string of the molecule is C.CC(=O)Nc1cc2c(cc1[N+](=O)[O-])OC(C)(C)C(N)(O)C2C(C)C. The first-order chi connectivity index (χ1) is 10.9. The van der Waals surface area contributed by atoms with Crippen molar-refractivity contribution in [1.29, 1.82) is 0 Å². The van der Waals surface area contributed by atoms with Crippen molar-refractivity contribution in [2.45, 2.75) is 59.3 Å². The lowest BCUT2D eigenvalue weighted by Gasteiger charge is -2.50. The molecule has 0 aromatic heterocycles. The van der Waals surface area contributed by atoms with Crippen molar-refractivity contribution in [2.24, 2.45) is 11.7 Å². The molecule has 1 aromatic rings. The van der Waals surface area contributed by atoms with Gasteiger partial charge in [-0.2, -0.15) is 0 Å². The first kappa shape index (κ1) is 20.9. The molecule has 0 saturated heterocycles. The topological polar surface area (TPSA) is 128 Å². The molecule has 2 rings (SSSR count). The van der Waals surface area contributed by atoms with Crippen LogP contribution in [-0.4, -0.2) is 27.3 Å². The highest BCUT2D eigenvalue weighted by atomic mass is 16.6. The molecule has 8 nitrogen and oxygen atoms in total. The number of nitro groups is 1. The maximum absolute atomic E-state index is 11.4. The smallest absolute Gasteiger partial charge is 0.296 e. The van der Waals surface area contributed by atoms with Crippen molar-refractivity contribution in [3.8, 4) is 5.75 Å². The summed E-state index contributed by atoms with van der Waals surface area (Å²) in [6.07, 6.45) is 0. The molecule has 0 bridgehead atoms. The predicted octanol–water partition coefficient (Wildman–Crippen LogP) is 2.75. The van der Waals surface area contributed by atoms with Gasteiger partial charge in [0.2, 0.25) is 5.91 Å². The van der Waals surface area contributed by atoms with E-state index >= 15 is 0 Å². The van der Waals surface area contributed by atoms with E-state index in [1.165, 1.54) is 19.1 Å². The van der Waals surface area contributed by atoms with Gasteiger partial charge in [-0.15, -0.1) is 0 Å². The van der Waals surface area contributed by atoms with E-state index in [0.29, 0.717) is 5.56 Å². The highest BCUT2D eigenvalue weighted by Crippen LogP contribution is 2.50. The molecule has 0 spiro atoms. The Balaban J connectivity index is 0.00000312. The molecule has 1 amide bonds. The molecule has 0 fully saturated rings. The number of anilines is 1. The minimum Gasteiger partial charge on any atom is -0.483 e. The molecule has 0 saturated carbocycles. The number of nitrogens with two attached hydrogens (primary N) is 1. The van der Waals surface area contributed by atoms with Gasteiger partial charge >= 0.3 is 0 Å². The molecule has 0 radical (unpaired) electrons. The zero-order valence-electron chi connectivity index (χ0n) is 14.4. The Morgan fingerprint density at radius 2 is 2.00 bits per heavy atom. The number of nitrogens with zero attached hydrogens (tertiary/aromatic N) is 1. The van der Waals surface area contributed by atoms with Crippen LogP contribution < -0.4 is 15.8 Å². The van der Waals surface area contributed by atoms with Gasteiger partial charge in [0.25, 0.3) is 5.69 Å². The highest BCUT2D eigenvalue weighted by molar-refractivity contribution is 5.92. The number of carbonyl (C=O) groups is 1. The second kappa shape index (κ2) is 6.61. The van der Waals surface area contributed by atoms with Crippen molar-refractivity contribution in [1.82, 2.24) is 0 Å². The number of benzene rings is 1. The van der Waals surface area contributed by atoms with E-state index in [1.54, 1.807) is 13.8 Å². The molecule has 1 heterocycles. The summed E-state index contributed by atoms with van der Waals surface area (Å²) >= 11 is 0. The molecule has 4 N–H and O–H groups in total. The number of nitro benzene ring substituents is 1. The number of fused-ring (bicyclic) bond motifs is 1. The average molecular weight is 353 g/mol. The summed E-state index contributed by atoms with van der Waals surface area (Å²) < 4.78 is 5.77. The summed E-state index contributed by atoms with van der Waals surface area (Å²) in [5.74, 6) is -0.730. The van der Waals surface area contributed by atoms with E-state index in [2.05, 4.69) is 5.32 Å². The minimum absolute atomic E-state index is 0. The van der Waals surface area contributed by atoms with Crippen LogP contribution in [0.25, 0.3) is 0 Å². The van der Waals surface area contributed by atoms with Crippen LogP contribution in [-0.2, 0) is 4.79 Å². The molecule has 1 aliphatic heterocycles. The number of rotatable bonds is 3.